The number of unbranched alkanes of at least 4 members (excludes halogenated alkanes) is 1. The van der Waals surface area contributed by atoms with E-state index in [2.05, 4.69) is 16.9 Å². The second kappa shape index (κ2) is 5.51. The van der Waals surface area contributed by atoms with Crippen molar-refractivity contribution in [2.75, 3.05) is 6.54 Å². The Hall–Kier alpha value is -0.200. The first-order valence-corrected chi connectivity index (χ1v) is 6.15. The lowest BCUT2D eigenvalue weighted by atomic mass is 10.3. The molecule has 13 heavy (non-hydrogen) atoms. The lowest BCUT2D eigenvalue weighted by Gasteiger charge is -2.11. The molecule has 1 unspecified atom stereocenters. The largest absolute Gasteiger partial charge is 0.392 e. The molecule has 0 aliphatic rings. The third-order valence-electron chi connectivity index (χ3n) is 1.70. The number of sulfonamides is 1. The smallest absolute Gasteiger partial charge is 0.220 e. The fourth-order valence-electron chi connectivity index (χ4n) is 0.669. The molecule has 0 fully saturated rings. The van der Waals surface area contributed by atoms with E-state index in [0.29, 0.717) is 6.54 Å². The van der Waals surface area contributed by atoms with Gasteiger partial charge in [-0.05, 0) is 13.3 Å². The topological polar surface area (TPSA) is 72.2 Å². The van der Waals surface area contributed by atoms with Crippen molar-refractivity contribution in [3.63, 3.8) is 0 Å². The van der Waals surface area contributed by atoms with Crippen LogP contribution in [0.1, 0.15) is 26.7 Å². The van der Waals surface area contributed by atoms with E-state index >= 15 is 0 Å². The Morgan fingerprint density at radius 1 is 1.62 bits per heavy atom. The normalized spacial score (nSPS) is 14.0. The predicted octanol–water partition coefficient (Wildman–Crippen LogP) is 0.381. The van der Waals surface area contributed by atoms with Crippen molar-refractivity contribution in [1.29, 1.82) is 0 Å². The summed E-state index contributed by atoms with van der Waals surface area (Å²) in [5.74, 6) is 0. The number of nitrogens with two attached hydrogens (primary N) is 1. The molecule has 0 rings (SSSR count). The molecule has 0 heterocycles. The molecule has 0 spiro atoms. The summed E-state index contributed by atoms with van der Waals surface area (Å²) < 4.78 is 25.2. The molecule has 3 N–H and O–H groups in total. The summed E-state index contributed by atoms with van der Waals surface area (Å²) in [5.41, 5.74) is 5.24. The van der Waals surface area contributed by atoms with Crippen LogP contribution in [0.3, 0.4) is 0 Å². The van der Waals surface area contributed by atoms with Crippen LogP contribution < -0.4 is 10.5 Å². The molecule has 0 aromatic rings. The van der Waals surface area contributed by atoms with E-state index in [-0.39, 0.29) is 4.99 Å². The molecule has 0 saturated carbocycles. The van der Waals surface area contributed by atoms with Crippen LogP contribution in [-0.4, -0.2) is 25.2 Å². The van der Waals surface area contributed by atoms with Gasteiger partial charge in [-0.1, -0.05) is 25.6 Å². The van der Waals surface area contributed by atoms with Gasteiger partial charge in [0.15, 0.2) is 0 Å². The highest BCUT2D eigenvalue weighted by molar-refractivity contribution is 7.93. The molecule has 0 aromatic heterocycles. The molecule has 0 aliphatic heterocycles. The van der Waals surface area contributed by atoms with Gasteiger partial charge in [-0.2, -0.15) is 0 Å². The molecule has 6 heteroatoms. The van der Waals surface area contributed by atoms with Crippen molar-refractivity contribution in [1.82, 2.24) is 4.72 Å². The van der Waals surface area contributed by atoms with Gasteiger partial charge in [-0.3, -0.25) is 0 Å². The zero-order valence-corrected chi connectivity index (χ0v) is 9.54. The number of hydrogen-bond acceptors (Lipinski definition) is 3. The predicted molar refractivity (Wildman–Crippen MR) is 58.1 cm³/mol. The molecule has 1 atom stereocenters. The lowest BCUT2D eigenvalue weighted by Crippen LogP contribution is -2.40. The van der Waals surface area contributed by atoms with Gasteiger partial charge < -0.3 is 5.73 Å². The van der Waals surface area contributed by atoms with E-state index in [4.69, 9.17) is 5.73 Å². The zero-order valence-electron chi connectivity index (χ0n) is 7.91. The van der Waals surface area contributed by atoms with Crippen molar-refractivity contribution in [2.24, 2.45) is 5.73 Å². The maximum absolute atomic E-state index is 11.4. The zero-order chi connectivity index (χ0) is 10.5. The first-order chi connectivity index (χ1) is 5.91. The molecule has 0 amide bonds. The quantitative estimate of drug-likeness (QED) is 0.505. The summed E-state index contributed by atoms with van der Waals surface area (Å²) in [7, 11) is -3.35. The number of hydrogen-bond donors (Lipinski definition) is 2. The minimum Gasteiger partial charge on any atom is -0.392 e. The molecule has 0 bridgehead atoms. The van der Waals surface area contributed by atoms with Crippen molar-refractivity contribution in [3.8, 4) is 0 Å². The molecular weight excluding hydrogens is 208 g/mol. The van der Waals surface area contributed by atoms with Crippen LogP contribution >= 0.6 is 12.2 Å². The van der Waals surface area contributed by atoms with E-state index in [1.807, 2.05) is 6.92 Å². The maximum atomic E-state index is 11.4. The Labute approximate surface area is 84.9 Å². The van der Waals surface area contributed by atoms with Gasteiger partial charge in [0.25, 0.3) is 0 Å². The van der Waals surface area contributed by atoms with Crippen LogP contribution in [0.5, 0.6) is 0 Å². The fourth-order valence-corrected chi connectivity index (χ4v) is 2.03. The number of nitrogens with one attached hydrogen (secondary N) is 1. The Morgan fingerprint density at radius 3 is 2.54 bits per heavy atom. The molecular formula is C7H16N2O2S2. The summed E-state index contributed by atoms with van der Waals surface area (Å²) in [6.45, 7) is 3.92. The minimum absolute atomic E-state index is 0.00370. The van der Waals surface area contributed by atoms with E-state index in [9.17, 15) is 8.42 Å². The Morgan fingerprint density at radius 2 is 2.15 bits per heavy atom. The summed E-state index contributed by atoms with van der Waals surface area (Å²) in [6.07, 6.45) is 1.77. The Bertz CT molecular complexity index is 262. The van der Waals surface area contributed by atoms with Crippen molar-refractivity contribution in [2.45, 2.75) is 31.9 Å². The van der Waals surface area contributed by atoms with Gasteiger partial charge >= 0.3 is 0 Å². The maximum Gasteiger partial charge on any atom is 0.220 e. The minimum atomic E-state index is -3.35. The van der Waals surface area contributed by atoms with Gasteiger partial charge in [0.1, 0.15) is 5.25 Å². The van der Waals surface area contributed by atoms with Crippen molar-refractivity contribution in [3.05, 3.63) is 0 Å². The average molecular weight is 224 g/mol. The molecule has 78 valence electrons. The Balaban J connectivity index is 4.16. The summed E-state index contributed by atoms with van der Waals surface area (Å²) in [5, 5.41) is -0.792. The average Bonchev–Trinajstić information content (AvgIpc) is 2.03. The van der Waals surface area contributed by atoms with Gasteiger partial charge in [-0.15, -0.1) is 0 Å². The van der Waals surface area contributed by atoms with Crippen LogP contribution in [0.15, 0.2) is 0 Å². The second-order valence-electron chi connectivity index (χ2n) is 2.84. The molecule has 0 radical (unpaired) electrons. The molecule has 0 aromatic carbocycles. The molecule has 4 nitrogen and oxygen atoms in total. The van der Waals surface area contributed by atoms with Gasteiger partial charge in [0.2, 0.25) is 10.0 Å². The van der Waals surface area contributed by atoms with Crippen LogP contribution in [0.25, 0.3) is 0 Å². The van der Waals surface area contributed by atoms with Crippen LogP contribution in [0, 0.1) is 0 Å². The van der Waals surface area contributed by atoms with Crippen LogP contribution in [0.4, 0.5) is 0 Å². The number of rotatable bonds is 6. The van der Waals surface area contributed by atoms with E-state index in [1.165, 1.54) is 6.92 Å². The summed E-state index contributed by atoms with van der Waals surface area (Å²) in [4.78, 5) is 0.00370. The third kappa shape index (κ3) is 4.54. The third-order valence-corrected chi connectivity index (χ3v) is 3.99. The Kier molecular flexibility index (Phi) is 5.43. The monoisotopic (exact) mass is 224 g/mol. The molecule has 0 saturated heterocycles. The summed E-state index contributed by atoms with van der Waals surface area (Å²) >= 11 is 4.60. The fraction of sp³-hybridized carbons (Fsp3) is 0.857. The van der Waals surface area contributed by atoms with Gasteiger partial charge in [-0.25, -0.2) is 13.1 Å². The lowest BCUT2D eigenvalue weighted by molar-refractivity contribution is 0.575. The van der Waals surface area contributed by atoms with E-state index < -0.39 is 15.3 Å². The van der Waals surface area contributed by atoms with Crippen LogP contribution in [0.2, 0.25) is 0 Å². The van der Waals surface area contributed by atoms with E-state index in [0.717, 1.165) is 12.8 Å². The van der Waals surface area contributed by atoms with Crippen LogP contribution in [-0.2, 0) is 10.0 Å². The molecule has 0 aliphatic carbocycles. The second-order valence-corrected chi connectivity index (χ2v) is 5.39. The highest BCUT2D eigenvalue weighted by Gasteiger charge is 2.21. The van der Waals surface area contributed by atoms with Gasteiger partial charge in [0, 0.05) is 6.54 Å². The number of thiocarbonyl (C=S) groups is 1. The van der Waals surface area contributed by atoms with Crippen molar-refractivity contribution < 1.29 is 8.42 Å². The highest BCUT2D eigenvalue weighted by Crippen LogP contribution is 1.98. The first kappa shape index (κ1) is 12.8. The SMILES string of the molecule is CCCCNS(=O)(=O)C(C)C(N)=S. The standard InChI is InChI=1S/C7H16N2O2S2/c1-3-4-5-9-13(10,11)6(2)7(8)12/h6,9H,3-5H2,1-2H3,(H2,8,12). The van der Waals surface area contributed by atoms with E-state index in [1.54, 1.807) is 0 Å². The van der Waals surface area contributed by atoms with Gasteiger partial charge in [0.05, 0.1) is 4.99 Å². The summed E-state index contributed by atoms with van der Waals surface area (Å²) in [6, 6.07) is 0. The highest BCUT2D eigenvalue weighted by atomic mass is 32.2. The first-order valence-electron chi connectivity index (χ1n) is 4.19. The van der Waals surface area contributed by atoms with Crippen molar-refractivity contribution >= 4 is 27.2 Å².